The number of carboxylic acid groups (broad SMARTS) is 2. The maximum Gasteiger partial charge on any atom is 0.335 e. The molecule has 0 spiro atoms. The summed E-state index contributed by atoms with van der Waals surface area (Å²) in [5.41, 5.74) is 6.41. The van der Waals surface area contributed by atoms with Gasteiger partial charge in [-0.05, 0) is 122 Å². The summed E-state index contributed by atoms with van der Waals surface area (Å²) in [6.07, 6.45) is 2.23. The summed E-state index contributed by atoms with van der Waals surface area (Å²) in [6, 6.07) is 37.7. The second kappa shape index (κ2) is 19.9. The van der Waals surface area contributed by atoms with Gasteiger partial charge in [0.2, 0.25) is 0 Å². The Balaban J connectivity index is 0.000000228. The third kappa shape index (κ3) is 11.7. The summed E-state index contributed by atoms with van der Waals surface area (Å²) >= 11 is 0. The minimum absolute atomic E-state index is 0.0323. The molecule has 12 nitrogen and oxygen atoms in total. The van der Waals surface area contributed by atoms with Crippen molar-refractivity contribution in [2.45, 2.75) is 49.3 Å². The van der Waals surface area contributed by atoms with Gasteiger partial charge in [-0.3, -0.25) is 9.44 Å². The molecule has 0 saturated heterocycles. The highest BCUT2D eigenvalue weighted by Gasteiger charge is 2.21. The van der Waals surface area contributed by atoms with Gasteiger partial charge in [-0.25, -0.2) is 26.4 Å². The molecule has 0 amide bonds. The molecule has 60 heavy (non-hydrogen) atoms. The Hall–Kier alpha value is -6.64. The molecule has 0 unspecified atom stereocenters. The van der Waals surface area contributed by atoms with E-state index in [9.17, 15) is 36.6 Å². The van der Waals surface area contributed by atoms with E-state index in [-0.39, 0.29) is 21.1 Å². The van der Waals surface area contributed by atoms with Crippen molar-refractivity contribution in [1.82, 2.24) is 0 Å². The number of sulfonamides is 2. The lowest BCUT2D eigenvalue weighted by Gasteiger charge is -2.13. The molecule has 0 radical (unpaired) electrons. The number of benzene rings is 6. The van der Waals surface area contributed by atoms with Crippen molar-refractivity contribution in [3.63, 3.8) is 0 Å². The summed E-state index contributed by atoms with van der Waals surface area (Å²) in [5.74, 6) is -1.32. The molecule has 0 aliphatic heterocycles. The van der Waals surface area contributed by atoms with Crippen LogP contribution in [0.2, 0.25) is 0 Å². The Morgan fingerprint density at radius 2 is 1.03 bits per heavy atom. The third-order valence-corrected chi connectivity index (χ3v) is 12.4. The first-order valence-corrected chi connectivity index (χ1v) is 21.7. The quantitative estimate of drug-likeness (QED) is 0.0735. The van der Waals surface area contributed by atoms with Crippen LogP contribution in [0.1, 0.15) is 54.1 Å². The van der Waals surface area contributed by atoms with E-state index in [2.05, 4.69) is 9.44 Å². The molecule has 0 fully saturated rings. The topological polar surface area (TPSA) is 185 Å². The Morgan fingerprint density at radius 1 is 0.533 bits per heavy atom. The van der Waals surface area contributed by atoms with E-state index in [0.29, 0.717) is 53.9 Å². The summed E-state index contributed by atoms with van der Waals surface area (Å²) in [4.78, 5) is 23.0. The average molecular weight is 851 g/mol. The van der Waals surface area contributed by atoms with Crippen molar-refractivity contribution in [1.29, 1.82) is 0 Å². The summed E-state index contributed by atoms with van der Waals surface area (Å²) in [7, 11) is -4.76. The molecular weight excluding hydrogens is 805 g/mol. The van der Waals surface area contributed by atoms with Crippen LogP contribution < -0.4 is 18.9 Å². The van der Waals surface area contributed by atoms with Crippen molar-refractivity contribution in [2.24, 2.45) is 0 Å². The smallest absolute Gasteiger partial charge is 0.335 e. The van der Waals surface area contributed by atoms with Crippen LogP contribution in [-0.2, 0) is 45.7 Å². The summed E-state index contributed by atoms with van der Waals surface area (Å²) < 4.78 is 67.0. The number of aryl methyl sites for hydroxylation is 6. The zero-order valence-corrected chi connectivity index (χ0v) is 35.1. The Kier molecular flexibility index (Phi) is 14.7. The third-order valence-electron chi connectivity index (χ3n) is 9.50. The van der Waals surface area contributed by atoms with E-state index < -0.39 is 32.0 Å². The lowest BCUT2D eigenvalue weighted by molar-refractivity contribution is 0.0684. The van der Waals surface area contributed by atoms with Gasteiger partial charge in [-0.15, -0.1) is 0 Å². The van der Waals surface area contributed by atoms with Crippen LogP contribution in [0.4, 0.5) is 11.4 Å². The lowest BCUT2D eigenvalue weighted by Crippen LogP contribution is -2.14. The van der Waals surface area contributed by atoms with Gasteiger partial charge < -0.3 is 19.7 Å². The Morgan fingerprint density at radius 3 is 1.50 bits per heavy atom. The van der Waals surface area contributed by atoms with Crippen LogP contribution in [0, 0.1) is 13.8 Å². The van der Waals surface area contributed by atoms with Crippen molar-refractivity contribution in [2.75, 3.05) is 23.7 Å². The highest BCUT2D eigenvalue weighted by atomic mass is 32.2. The van der Waals surface area contributed by atoms with Crippen LogP contribution >= 0.6 is 0 Å². The number of carboxylic acids is 2. The number of ether oxygens (including phenoxy) is 2. The van der Waals surface area contributed by atoms with Crippen LogP contribution in [0.5, 0.6) is 11.5 Å². The molecule has 14 heteroatoms. The van der Waals surface area contributed by atoms with Crippen LogP contribution in [0.25, 0.3) is 0 Å². The van der Waals surface area contributed by atoms with E-state index in [1.807, 2.05) is 31.2 Å². The van der Waals surface area contributed by atoms with Gasteiger partial charge in [0, 0.05) is 17.4 Å². The minimum atomic E-state index is -3.92. The SMILES string of the molecule is COc1ccc(OC)c(S(=O)(=O)Nc2cccc(CCc3ccccc3C(=O)O)c2)c1.Cc1ccc(S(=O)(=O)Nc2cccc(CCc3ccccc3C(=O)O)c2)c(C)c1. The molecular formula is C46H46N2O10S2. The van der Waals surface area contributed by atoms with Gasteiger partial charge in [-0.1, -0.05) is 78.4 Å². The number of nitrogens with one attached hydrogen (secondary N) is 2. The van der Waals surface area contributed by atoms with Crippen molar-refractivity contribution in [3.05, 3.63) is 178 Å². The normalized spacial score (nSPS) is 11.1. The first-order valence-electron chi connectivity index (χ1n) is 18.8. The monoisotopic (exact) mass is 850 g/mol. The van der Waals surface area contributed by atoms with E-state index in [4.69, 9.17) is 9.47 Å². The number of hydrogen-bond donors (Lipinski definition) is 4. The number of methoxy groups -OCH3 is 2. The molecule has 0 aromatic heterocycles. The predicted octanol–water partition coefficient (Wildman–Crippen LogP) is 8.58. The Bertz CT molecular complexity index is 2720. The fourth-order valence-electron chi connectivity index (χ4n) is 6.55. The first kappa shape index (κ1) is 44.5. The number of carbonyl (C=O) groups is 2. The van der Waals surface area contributed by atoms with Crippen LogP contribution in [0.3, 0.4) is 0 Å². The molecule has 0 bridgehead atoms. The van der Waals surface area contributed by atoms with E-state index in [1.165, 1.54) is 26.4 Å². The molecule has 6 aromatic rings. The summed E-state index contributed by atoms with van der Waals surface area (Å²) in [6.45, 7) is 3.70. The van der Waals surface area contributed by atoms with Gasteiger partial charge in [0.25, 0.3) is 20.0 Å². The first-order chi connectivity index (χ1) is 28.6. The Labute approximate surface area is 350 Å². The maximum atomic E-state index is 12.9. The molecule has 0 heterocycles. The molecule has 0 saturated carbocycles. The van der Waals surface area contributed by atoms with Crippen LogP contribution in [-0.4, -0.2) is 53.2 Å². The summed E-state index contributed by atoms with van der Waals surface area (Å²) in [5, 5.41) is 18.6. The van der Waals surface area contributed by atoms with Gasteiger partial charge in [0.1, 0.15) is 16.4 Å². The number of aromatic carboxylic acids is 2. The van der Waals surface area contributed by atoms with Gasteiger partial charge >= 0.3 is 11.9 Å². The van der Waals surface area contributed by atoms with Gasteiger partial charge in [-0.2, -0.15) is 0 Å². The number of hydrogen-bond acceptors (Lipinski definition) is 8. The molecule has 6 rings (SSSR count). The lowest BCUT2D eigenvalue weighted by atomic mass is 10.00. The standard InChI is InChI=1S/C23H23NO6S.C23H23NO4S/c1-29-19-12-13-21(30-2)22(15-19)31(27,28)24-18-8-5-6-16(14-18)10-11-17-7-3-4-9-20(17)23(25)26;1-16-10-13-22(17(2)14-16)29(27,28)24-20-8-5-6-18(15-20)11-12-19-7-3-4-9-21(19)23(25)26/h3-9,12-15,24H,10-11H2,1-2H3,(H,25,26);3-10,13-15,24H,11-12H2,1-2H3,(H,25,26). The van der Waals surface area contributed by atoms with Crippen molar-refractivity contribution in [3.8, 4) is 11.5 Å². The van der Waals surface area contributed by atoms with E-state index >= 15 is 0 Å². The van der Waals surface area contributed by atoms with Crippen LogP contribution in [0.15, 0.2) is 143 Å². The predicted molar refractivity (Wildman–Crippen MR) is 232 cm³/mol. The maximum absolute atomic E-state index is 12.9. The van der Waals surface area contributed by atoms with Crippen molar-refractivity contribution < 1.29 is 46.1 Å². The van der Waals surface area contributed by atoms with E-state index in [0.717, 1.165) is 27.8 Å². The van der Waals surface area contributed by atoms with Crippen molar-refractivity contribution >= 4 is 43.4 Å². The highest BCUT2D eigenvalue weighted by molar-refractivity contribution is 7.93. The molecule has 6 aromatic carbocycles. The fourth-order valence-corrected chi connectivity index (χ4v) is 9.06. The second-order valence-electron chi connectivity index (χ2n) is 13.8. The molecule has 0 aliphatic rings. The second-order valence-corrected chi connectivity index (χ2v) is 17.1. The molecule has 0 atom stereocenters. The molecule has 4 N–H and O–H groups in total. The zero-order valence-electron chi connectivity index (χ0n) is 33.5. The number of rotatable bonds is 16. The number of anilines is 2. The largest absolute Gasteiger partial charge is 0.497 e. The van der Waals surface area contributed by atoms with E-state index in [1.54, 1.807) is 104 Å². The fraction of sp³-hybridized carbons (Fsp3) is 0.174. The molecule has 0 aliphatic carbocycles. The highest BCUT2D eigenvalue weighted by Crippen LogP contribution is 2.30. The molecule has 312 valence electrons. The van der Waals surface area contributed by atoms with Gasteiger partial charge in [0.15, 0.2) is 0 Å². The zero-order chi connectivity index (χ0) is 43.5. The average Bonchev–Trinajstić information content (AvgIpc) is 3.22. The van der Waals surface area contributed by atoms with Gasteiger partial charge in [0.05, 0.1) is 30.2 Å². The minimum Gasteiger partial charge on any atom is -0.497 e.